The van der Waals surface area contributed by atoms with Crippen LogP contribution in [0.2, 0.25) is 0 Å². The van der Waals surface area contributed by atoms with Crippen LogP contribution in [0.1, 0.15) is 21.8 Å². The van der Waals surface area contributed by atoms with Crippen molar-refractivity contribution in [1.29, 1.82) is 0 Å². The third-order valence-corrected chi connectivity index (χ3v) is 3.32. The average Bonchev–Trinajstić information content (AvgIpc) is 3.05. The van der Waals surface area contributed by atoms with Crippen LogP contribution in [-0.4, -0.2) is 18.4 Å². The molecule has 3 rings (SSSR count). The summed E-state index contributed by atoms with van der Waals surface area (Å²) in [7, 11) is 0. The summed E-state index contributed by atoms with van der Waals surface area (Å²) in [5, 5.41) is 0. The molecule has 0 aliphatic carbocycles. The third-order valence-electron chi connectivity index (χ3n) is 3.32. The maximum atomic E-state index is 12.4. The van der Waals surface area contributed by atoms with E-state index in [9.17, 15) is 9.59 Å². The first-order chi connectivity index (χ1) is 9.18. The van der Waals surface area contributed by atoms with E-state index in [4.69, 9.17) is 10.2 Å². The lowest BCUT2D eigenvalue weighted by atomic mass is 10.0. The van der Waals surface area contributed by atoms with E-state index in [2.05, 4.69) is 0 Å². The Morgan fingerprint density at radius 2 is 2.05 bits per heavy atom. The molecule has 2 aromatic rings. The van der Waals surface area contributed by atoms with Crippen LogP contribution in [0.3, 0.4) is 0 Å². The molecular weight excluding hydrogens is 244 g/mol. The van der Waals surface area contributed by atoms with Crippen LogP contribution >= 0.6 is 0 Å². The summed E-state index contributed by atoms with van der Waals surface area (Å²) in [6, 6.07) is 8.91. The topological polar surface area (TPSA) is 76.5 Å². The molecule has 2 amide bonds. The van der Waals surface area contributed by atoms with E-state index >= 15 is 0 Å². The van der Waals surface area contributed by atoms with Gasteiger partial charge in [0.2, 0.25) is 5.91 Å². The van der Waals surface area contributed by atoms with Crippen molar-refractivity contribution in [3.05, 3.63) is 54.0 Å². The molecule has 1 atom stereocenters. The molecule has 5 nitrogen and oxygen atoms in total. The Hall–Kier alpha value is -2.56. The summed E-state index contributed by atoms with van der Waals surface area (Å²) >= 11 is 0. The van der Waals surface area contributed by atoms with Crippen molar-refractivity contribution in [1.82, 2.24) is 0 Å². The van der Waals surface area contributed by atoms with Crippen LogP contribution in [0.25, 0.3) is 0 Å². The van der Waals surface area contributed by atoms with Crippen LogP contribution in [0, 0.1) is 0 Å². The zero-order valence-electron chi connectivity index (χ0n) is 10.1. The van der Waals surface area contributed by atoms with Crippen molar-refractivity contribution in [3.8, 4) is 0 Å². The van der Waals surface area contributed by atoms with Crippen molar-refractivity contribution in [3.63, 3.8) is 0 Å². The number of para-hydroxylation sites is 1. The Morgan fingerprint density at radius 1 is 1.26 bits per heavy atom. The maximum absolute atomic E-state index is 12.4. The second kappa shape index (κ2) is 4.28. The molecule has 0 saturated heterocycles. The Bertz CT molecular complexity index is 634. The minimum Gasteiger partial charge on any atom is -0.472 e. The van der Waals surface area contributed by atoms with Gasteiger partial charge in [-0.2, -0.15) is 0 Å². The summed E-state index contributed by atoms with van der Waals surface area (Å²) in [5.74, 6) is -1.06. The van der Waals surface area contributed by atoms with Crippen LogP contribution in [0.15, 0.2) is 47.3 Å². The fourth-order valence-electron chi connectivity index (χ4n) is 2.38. The highest BCUT2D eigenvalue weighted by molar-refractivity contribution is 6.08. The van der Waals surface area contributed by atoms with Gasteiger partial charge in [-0.3, -0.25) is 9.59 Å². The van der Waals surface area contributed by atoms with Gasteiger partial charge in [0.1, 0.15) is 6.26 Å². The molecule has 0 bridgehead atoms. The molecule has 0 saturated carbocycles. The number of benzene rings is 1. The van der Waals surface area contributed by atoms with Gasteiger partial charge in [-0.1, -0.05) is 18.2 Å². The quantitative estimate of drug-likeness (QED) is 0.884. The van der Waals surface area contributed by atoms with Crippen LogP contribution in [0.5, 0.6) is 0 Å². The van der Waals surface area contributed by atoms with Crippen LogP contribution < -0.4 is 10.6 Å². The summed E-state index contributed by atoms with van der Waals surface area (Å²) < 4.78 is 4.92. The van der Waals surface area contributed by atoms with Crippen molar-refractivity contribution >= 4 is 17.5 Å². The predicted molar refractivity (Wildman–Crippen MR) is 68.8 cm³/mol. The highest BCUT2D eigenvalue weighted by Gasteiger charge is 2.35. The maximum Gasteiger partial charge on any atom is 0.261 e. The molecule has 0 radical (unpaired) electrons. The number of amides is 2. The number of furan rings is 1. The van der Waals surface area contributed by atoms with Crippen molar-refractivity contribution in [2.45, 2.75) is 5.92 Å². The largest absolute Gasteiger partial charge is 0.472 e. The second-order valence-electron chi connectivity index (χ2n) is 4.44. The van der Waals surface area contributed by atoms with E-state index < -0.39 is 11.8 Å². The van der Waals surface area contributed by atoms with Crippen LogP contribution in [0.4, 0.5) is 5.69 Å². The SMILES string of the molecule is NC(=O)[C@H]1CN(C(=O)c2ccoc2)c2ccccc21. The molecule has 5 heteroatoms. The lowest BCUT2D eigenvalue weighted by molar-refractivity contribution is -0.119. The third kappa shape index (κ3) is 1.79. The average molecular weight is 256 g/mol. The number of nitrogens with two attached hydrogens (primary N) is 1. The number of hydrogen-bond donors (Lipinski definition) is 1. The smallest absolute Gasteiger partial charge is 0.261 e. The highest BCUT2D eigenvalue weighted by Crippen LogP contribution is 2.36. The summed E-state index contributed by atoms with van der Waals surface area (Å²) in [6.07, 6.45) is 2.84. The molecule has 96 valence electrons. The van der Waals surface area contributed by atoms with Gasteiger partial charge in [0.05, 0.1) is 17.7 Å². The van der Waals surface area contributed by atoms with Gasteiger partial charge >= 0.3 is 0 Å². The summed E-state index contributed by atoms with van der Waals surface area (Å²) in [6.45, 7) is 0.276. The molecule has 0 fully saturated rings. The molecule has 19 heavy (non-hydrogen) atoms. The Morgan fingerprint density at radius 3 is 2.74 bits per heavy atom. The number of primary amides is 1. The van der Waals surface area contributed by atoms with Gasteiger partial charge in [-0.25, -0.2) is 0 Å². The van der Waals surface area contributed by atoms with Gasteiger partial charge in [0.15, 0.2) is 0 Å². The molecule has 1 aromatic carbocycles. The monoisotopic (exact) mass is 256 g/mol. The van der Waals surface area contributed by atoms with E-state index in [1.165, 1.54) is 12.5 Å². The Kier molecular flexibility index (Phi) is 2.59. The first kappa shape index (κ1) is 11.5. The number of fused-ring (bicyclic) bond motifs is 1. The number of rotatable bonds is 2. The first-order valence-electron chi connectivity index (χ1n) is 5.91. The standard InChI is InChI=1S/C14H12N2O3/c15-13(17)11-7-16(12-4-2-1-3-10(11)12)14(18)9-5-6-19-8-9/h1-6,8,11H,7H2,(H2,15,17)/t11-/m0/s1. The van der Waals surface area contributed by atoms with Gasteiger partial charge < -0.3 is 15.1 Å². The van der Waals surface area contributed by atoms with Crippen molar-refractivity contribution in [2.24, 2.45) is 5.73 Å². The van der Waals surface area contributed by atoms with E-state index in [1.807, 2.05) is 24.3 Å². The zero-order chi connectivity index (χ0) is 13.4. The van der Waals surface area contributed by atoms with Gasteiger partial charge in [0.25, 0.3) is 5.91 Å². The highest BCUT2D eigenvalue weighted by atomic mass is 16.3. The van der Waals surface area contributed by atoms with E-state index in [0.717, 1.165) is 11.3 Å². The minimum absolute atomic E-state index is 0.190. The second-order valence-corrected chi connectivity index (χ2v) is 4.44. The lowest BCUT2D eigenvalue weighted by Crippen LogP contribution is -2.32. The van der Waals surface area contributed by atoms with Gasteiger partial charge in [-0.15, -0.1) is 0 Å². The van der Waals surface area contributed by atoms with E-state index in [-0.39, 0.29) is 12.5 Å². The minimum atomic E-state index is -0.452. The number of carbonyl (C=O) groups is 2. The molecule has 0 spiro atoms. The van der Waals surface area contributed by atoms with Crippen molar-refractivity contribution < 1.29 is 14.0 Å². The fraction of sp³-hybridized carbons (Fsp3) is 0.143. The molecule has 0 unspecified atom stereocenters. The van der Waals surface area contributed by atoms with E-state index in [0.29, 0.717) is 5.56 Å². The summed E-state index contributed by atoms with van der Waals surface area (Å²) in [4.78, 5) is 25.4. The molecule has 2 heterocycles. The normalized spacial score (nSPS) is 17.3. The van der Waals surface area contributed by atoms with Crippen molar-refractivity contribution in [2.75, 3.05) is 11.4 Å². The summed E-state index contributed by atoms with van der Waals surface area (Å²) in [5.41, 5.74) is 7.39. The molecular formula is C14H12N2O3. The Balaban J connectivity index is 2.01. The Labute approximate surface area is 109 Å². The van der Waals surface area contributed by atoms with Gasteiger partial charge in [-0.05, 0) is 17.7 Å². The molecule has 1 aliphatic heterocycles. The zero-order valence-corrected chi connectivity index (χ0v) is 10.1. The lowest BCUT2D eigenvalue weighted by Gasteiger charge is -2.16. The number of anilines is 1. The van der Waals surface area contributed by atoms with E-state index in [1.54, 1.807) is 11.0 Å². The molecule has 2 N–H and O–H groups in total. The fourth-order valence-corrected chi connectivity index (χ4v) is 2.38. The first-order valence-corrected chi connectivity index (χ1v) is 5.91. The number of hydrogen-bond acceptors (Lipinski definition) is 3. The molecule has 1 aromatic heterocycles. The predicted octanol–water partition coefficient (Wildman–Crippen LogP) is 1.51. The van der Waals surface area contributed by atoms with Crippen LogP contribution in [-0.2, 0) is 4.79 Å². The van der Waals surface area contributed by atoms with Gasteiger partial charge in [0, 0.05) is 12.2 Å². The number of nitrogens with zero attached hydrogens (tertiary/aromatic N) is 1. The number of carbonyl (C=O) groups excluding carboxylic acids is 2. The molecule has 1 aliphatic rings.